The summed E-state index contributed by atoms with van der Waals surface area (Å²) in [6, 6.07) is 7.97. The van der Waals surface area contributed by atoms with E-state index in [0.29, 0.717) is 23.7 Å². The Morgan fingerprint density at radius 2 is 1.68 bits per heavy atom. The molecule has 0 spiro atoms. The molecule has 0 bridgehead atoms. The second-order valence-electron chi connectivity index (χ2n) is 8.26. The van der Waals surface area contributed by atoms with Gasteiger partial charge in [0.25, 0.3) is 0 Å². The Kier molecular flexibility index (Phi) is 9.38. The molecule has 2 atom stereocenters. The van der Waals surface area contributed by atoms with Crippen molar-refractivity contribution in [2.24, 2.45) is 5.92 Å². The van der Waals surface area contributed by atoms with Crippen LogP contribution in [0.3, 0.4) is 0 Å². The van der Waals surface area contributed by atoms with Crippen molar-refractivity contribution >= 4 is 29.3 Å². The molecule has 6 nitrogen and oxygen atoms in total. The van der Waals surface area contributed by atoms with Crippen LogP contribution in [0.4, 0.5) is 4.79 Å². The van der Waals surface area contributed by atoms with E-state index in [-0.39, 0.29) is 0 Å². The van der Waals surface area contributed by atoms with Crippen molar-refractivity contribution in [3.63, 3.8) is 0 Å². The molecule has 0 saturated heterocycles. The van der Waals surface area contributed by atoms with Gasteiger partial charge in [0, 0.05) is 6.42 Å². The molecule has 1 rings (SSSR count). The number of benzene rings is 1. The van der Waals surface area contributed by atoms with Gasteiger partial charge in [-0.05, 0) is 45.1 Å². The summed E-state index contributed by atoms with van der Waals surface area (Å²) in [4.78, 5) is 24.2. The maximum atomic E-state index is 12.2. The van der Waals surface area contributed by atoms with Crippen LogP contribution in [0.15, 0.2) is 30.3 Å². The highest BCUT2D eigenvalue weighted by Crippen LogP contribution is 2.12. The van der Waals surface area contributed by atoms with E-state index in [2.05, 4.69) is 24.5 Å². The maximum Gasteiger partial charge on any atom is 0.408 e. The number of hydrogen-bond donors (Lipinski definition) is 3. The minimum Gasteiger partial charge on any atom is -0.480 e. The number of aliphatic carboxylic acids is 1. The molecule has 3 N–H and O–H groups in total. The molecule has 0 aromatic heterocycles. The molecular weight excluding hydrogens is 376 g/mol. The third-order valence-corrected chi connectivity index (χ3v) is 4.34. The van der Waals surface area contributed by atoms with Gasteiger partial charge in [0.15, 0.2) is 0 Å². The topological polar surface area (TPSA) is 87.7 Å². The SMILES string of the molecule is CC(C)CC[C@H](NC(=O)OC(C)(C)C)C(=S)N[C@@H](Cc1ccccc1)C(=O)O. The Morgan fingerprint density at radius 1 is 1.07 bits per heavy atom. The van der Waals surface area contributed by atoms with Crippen LogP contribution in [-0.4, -0.2) is 39.8 Å². The number of nitrogens with one attached hydrogen (secondary N) is 2. The zero-order chi connectivity index (χ0) is 21.3. The Labute approximate surface area is 173 Å². The molecule has 0 aliphatic rings. The number of amides is 1. The van der Waals surface area contributed by atoms with Crippen molar-refractivity contribution in [1.82, 2.24) is 10.6 Å². The predicted octanol–water partition coefficient (Wildman–Crippen LogP) is 3.93. The summed E-state index contributed by atoms with van der Waals surface area (Å²) in [7, 11) is 0. The fourth-order valence-corrected chi connectivity index (χ4v) is 2.86. The Morgan fingerprint density at radius 3 is 2.18 bits per heavy atom. The van der Waals surface area contributed by atoms with Gasteiger partial charge in [-0.25, -0.2) is 9.59 Å². The third kappa shape index (κ3) is 9.69. The molecule has 7 heteroatoms. The molecule has 0 aliphatic heterocycles. The first-order chi connectivity index (χ1) is 13.0. The van der Waals surface area contributed by atoms with E-state index in [9.17, 15) is 14.7 Å². The Balaban J connectivity index is 2.83. The summed E-state index contributed by atoms with van der Waals surface area (Å²) in [6.45, 7) is 9.51. The first-order valence-electron chi connectivity index (χ1n) is 9.54. The fourth-order valence-electron chi connectivity index (χ4n) is 2.54. The van der Waals surface area contributed by atoms with Crippen LogP contribution in [0.5, 0.6) is 0 Å². The summed E-state index contributed by atoms with van der Waals surface area (Å²) in [6.07, 6.45) is 1.15. The lowest BCUT2D eigenvalue weighted by Gasteiger charge is -2.26. The van der Waals surface area contributed by atoms with E-state index in [1.54, 1.807) is 20.8 Å². The highest BCUT2D eigenvalue weighted by molar-refractivity contribution is 7.80. The average Bonchev–Trinajstić information content (AvgIpc) is 2.56. The second-order valence-corrected chi connectivity index (χ2v) is 8.70. The van der Waals surface area contributed by atoms with Gasteiger partial charge < -0.3 is 20.5 Å². The van der Waals surface area contributed by atoms with E-state index in [0.717, 1.165) is 12.0 Å². The molecule has 1 aromatic rings. The van der Waals surface area contributed by atoms with Gasteiger partial charge in [-0.2, -0.15) is 0 Å². The molecule has 0 unspecified atom stereocenters. The Bertz CT molecular complexity index is 656. The number of carboxylic acids is 1. The van der Waals surface area contributed by atoms with Gasteiger partial charge in [-0.1, -0.05) is 56.4 Å². The molecule has 0 saturated carbocycles. The van der Waals surface area contributed by atoms with Crippen molar-refractivity contribution in [3.05, 3.63) is 35.9 Å². The summed E-state index contributed by atoms with van der Waals surface area (Å²) < 4.78 is 5.32. The third-order valence-electron chi connectivity index (χ3n) is 3.94. The lowest BCUT2D eigenvalue weighted by molar-refractivity contribution is -0.139. The zero-order valence-corrected chi connectivity index (χ0v) is 18.1. The van der Waals surface area contributed by atoms with Gasteiger partial charge in [0.1, 0.15) is 11.6 Å². The van der Waals surface area contributed by atoms with Crippen molar-refractivity contribution < 1.29 is 19.4 Å². The van der Waals surface area contributed by atoms with E-state index in [4.69, 9.17) is 17.0 Å². The number of carboxylic acid groups (broad SMARTS) is 1. The fraction of sp³-hybridized carbons (Fsp3) is 0.571. The highest BCUT2D eigenvalue weighted by Gasteiger charge is 2.26. The van der Waals surface area contributed by atoms with Crippen LogP contribution in [0, 0.1) is 5.92 Å². The van der Waals surface area contributed by atoms with Crippen LogP contribution >= 0.6 is 12.2 Å². The summed E-state index contributed by atoms with van der Waals surface area (Å²) >= 11 is 5.45. The number of alkyl carbamates (subject to hydrolysis) is 1. The van der Waals surface area contributed by atoms with Gasteiger partial charge in [-0.15, -0.1) is 0 Å². The van der Waals surface area contributed by atoms with Crippen molar-refractivity contribution in [2.75, 3.05) is 0 Å². The predicted molar refractivity (Wildman–Crippen MR) is 115 cm³/mol. The van der Waals surface area contributed by atoms with Crippen molar-refractivity contribution in [1.29, 1.82) is 0 Å². The molecule has 0 heterocycles. The van der Waals surface area contributed by atoms with E-state index in [1.807, 2.05) is 30.3 Å². The molecule has 156 valence electrons. The molecule has 28 heavy (non-hydrogen) atoms. The Hall–Kier alpha value is -2.15. The molecule has 1 amide bonds. The highest BCUT2D eigenvalue weighted by atomic mass is 32.1. The summed E-state index contributed by atoms with van der Waals surface area (Å²) in [5.41, 5.74) is 0.266. The van der Waals surface area contributed by atoms with Gasteiger partial charge in [-0.3, -0.25) is 0 Å². The molecule has 0 aliphatic carbocycles. The molecule has 0 fully saturated rings. The summed E-state index contributed by atoms with van der Waals surface area (Å²) in [5, 5.41) is 15.3. The monoisotopic (exact) mass is 408 g/mol. The molecular formula is C21H32N2O4S. The van der Waals surface area contributed by atoms with E-state index >= 15 is 0 Å². The number of carbonyl (C=O) groups is 2. The smallest absolute Gasteiger partial charge is 0.408 e. The van der Waals surface area contributed by atoms with Gasteiger partial charge in [0.2, 0.25) is 0 Å². The second kappa shape index (κ2) is 11.0. The molecule has 1 aromatic carbocycles. The number of carbonyl (C=O) groups excluding carboxylic acids is 1. The quantitative estimate of drug-likeness (QED) is 0.537. The average molecular weight is 409 g/mol. The van der Waals surface area contributed by atoms with Crippen molar-refractivity contribution in [3.8, 4) is 0 Å². The van der Waals surface area contributed by atoms with E-state index < -0.39 is 29.7 Å². The number of rotatable bonds is 9. The lowest BCUT2D eigenvalue weighted by Crippen LogP contribution is -2.52. The number of ether oxygens (including phenoxy) is 1. The maximum absolute atomic E-state index is 12.2. The minimum absolute atomic E-state index is 0.291. The minimum atomic E-state index is -0.994. The normalized spacial score (nSPS) is 13.5. The largest absolute Gasteiger partial charge is 0.480 e. The van der Waals surface area contributed by atoms with E-state index in [1.165, 1.54) is 0 Å². The molecule has 0 radical (unpaired) electrons. The van der Waals surface area contributed by atoms with Crippen LogP contribution in [0.2, 0.25) is 0 Å². The first-order valence-corrected chi connectivity index (χ1v) is 9.95. The van der Waals surface area contributed by atoms with Gasteiger partial charge >= 0.3 is 12.1 Å². The van der Waals surface area contributed by atoms with Crippen LogP contribution in [0.25, 0.3) is 0 Å². The number of thiocarbonyl (C=S) groups is 1. The summed E-state index contributed by atoms with van der Waals surface area (Å²) in [5.74, 6) is -0.573. The first kappa shape index (κ1) is 23.9. The van der Waals surface area contributed by atoms with Gasteiger partial charge in [0.05, 0.1) is 11.0 Å². The van der Waals surface area contributed by atoms with Crippen LogP contribution in [-0.2, 0) is 16.0 Å². The van der Waals surface area contributed by atoms with Crippen LogP contribution in [0.1, 0.15) is 53.0 Å². The lowest BCUT2D eigenvalue weighted by atomic mass is 10.0. The number of hydrogen-bond acceptors (Lipinski definition) is 4. The van der Waals surface area contributed by atoms with Crippen molar-refractivity contribution in [2.45, 2.75) is 71.6 Å². The standard InChI is InChI=1S/C21H32N2O4S/c1-14(2)11-12-16(23-20(26)27-21(3,4)5)18(28)22-17(19(24)25)13-15-9-7-6-8-10-15/h6-10,14,16-17H,11-13H2,1-5H3,(H,22,28)(H,23,26)(H,24,25)/t16-,17-/m0/s1. The van der Waals surface area contributed by atoms with Crippen LogP contribution < -0.4 is 10.6 Å². The zero-order valence-electron chi connectivity index (χ0n) is 17.3.